The van der Waals surface area contributed by atoms with Crippen molar-refractivity contribution in [2.24, 2.45) is 7.05 Å². The third-order valence-electron chi connectivity index (χ3n) is 5.38. The van der Waals surface area contributed by atoms with E-state index >= 15 is 0 Å². The lowest BCUT2D eigenvalue weighted by atomic mass is 9.94. The van der Waals surface area contributed by atoms with Gasteiger partial charge in [0, 0.05) is 44.0 Å². The van der Waals surface area contributed by atoms with E-state index in [2.05, 4.69) is 10.3 Å². The average molecular weight is 468 g/mol. The normalized spacial score (nSPS) is 19.9. The van der Waals surface area contributed by atoms with Gasteiger partial charge in [-0.1, -0.05) is 30.3 Å². The smallest absolute Gasteiger partial charge is 0.380 e. The van der Waals surface area contributed by atoms with E-state index in [4.69, 9.17) is 0 Å². The highest BCUT2D eigenvalue weighted by Crippen LogP contribution is 2.35. The molecule has 2 unspecified atom stereocenters. The molecule has 1 aromatic heterocycles. The summed E-state index contributed by atoms with van der Waals surface area (Å²) >= 11 is 0. The standard InChI is InChI=1S/C21H20F4N4O2S/c1-28-12-20(26-13-28)32(30,31)29-10-18(14-5-3-2-4-6-14)19(11-29)27-17-8-15(21(23,24)25)7-16(22)9-17/h2-9,12-13,18-19,27H,10-11H2,1H3. The van der Waals surface area contributed by atoms with Gasteiger partial charge >= 0.3 is 6.18 Å². The summed E-state index contributed by atoms with van der Waals surface area (Å²) in [5.74, 6) is -1.40. The number of rotatable bonds is 5. The quantitative estimate of drug-likeness (QED) is 0.578. The molecular formula is C21H20F4N4O2S. The van der Waals surface area contributed by atoms with Gasteiger partial charge in [-0.3, -0.25) is 0 Å². The molecule has 0 bridgehead atoms. The second-order valence-corrected chi connectivity index (χ2v) is 9.58. The maximum atomic E-state index is 13.9. The van der Waals surface area contributed by atoms with Crippen molar-refractivity contribution in [3.8, 4) is 0 Å². The van der Waals surface area contributed by atoms with Crippen LogP contribution < -0.4 is 5.32 Å². The van der Waals surface area contributed by atoms with Crippen molar-refractivity contribution in [3.63, 3.8) is 0 Å². The Morgan fingerprint density at radius 2 is 1.81 bits per heavy atom. The van der Waals surface area contributed by atoms with Crippen molar-refractivity contribution in [3.05, 3.63) is 78.0 Å². The van der Waals surface area contributed by atoms with Crippen molar-refractivity contribution in [2.45, 2.75) is 23.2 Å². The van der Waals surface area contributed by atoms with Gasteiger partial charge in [-0.2, -0.15) is 17.5 Å². The largest absolute Gasteiger partial charge is 0.416 e. The lowest BCUT2D eigenvalue weighted by molar-refractivity contribution is -0.137. The molecule has 1 fully saturated rings. The Labute approximate surface area is 182 Å². The summed E-state index contributed by atoms with van der Waals surface area (Å²) < 4.78 is 82.2. The number of hydrogen-bond acceptors (Lipinski definition) is 4. The van der Waals surface area contributed by atoms with Gasteiger partial charge in [0.15, 0.2) is 5.03 Å². The number of hydrogen-bond donors (Lipinski definition) is 1. The number of aromatic nitrogens is 2. The van der Waals surface area contributed by atoms with Crippen molar-refractivity contribution >= 4 is 15.7 Å². The lowest BCUT2D eigenvalue weighted by Crippen LogP contribution is -2.32. The van der Waals surface area contributed by atoms with Crippen LogP contribution in [0.5, 0.6) is 0 Å². The first kappa shape index (κ1) is 22.3. The predicted molar refractivity (Wildman–Crippen MR) is 110 cm³/mol. The van der Waals surface area contributed by atoms with Crippen LogP contribution >= 0.6 is 0 Å². The molecule has 170 valence electrons. The number of aryl methyl sites for hydroxylation is 1. The van der Waals surface area contributed by atoms with Gasteiger partial charge in [0.2, 0.25) is 0 Å². The Morgan fingerprint density at radius 1 is 1.09 bits per heavy atom. The van der Waals surface area contributed by atoms with E-state index in [0.717, 1.165) is 17.7 Å². The van der Waals surface area contributed by atoms with Gasteiger partial charge in [0.25, 0.3) is 10.0 Å². The Hall–Kier alpha value is -2.92. The summed E-state index contributed by atoms with van der Waals surface area (Å²) in [4.78, 5) is 3.93. The van der Waals surface area contributed by atoms with Crippen LogP contribution in [0.2, 0.25) is 0 Å². The molecule has 0 spiro atoms. The first-order valence-corrected chi connectivity index (χ1v) is 11.2. The fourth-order valence-electron chi connectivity index (χ4n) is 3.85. The number of benzene rings is 2. The summed E-state index contributed by atoms with van der Waals surface area (Å²) in [5.41, 5.74) is -0.372. The molecule has 2 heterocycles. The van der Waals surface area contributed by atoms with Crippen LogP contribution in [-0.4, -0.2) is 41.4 Å². The molecule has 1 aliphatic rings. The topological polar surface area (TPSA) is 67.2 Å². The molecule has 2 aromatic carbocycles. The van der Waals surface area contributed by atoms with E-state index in [1.165, 1.54) is 21.4 Å². The number of anilines is 1. The molecule has 1 saturated heterocycles. The molecule has 4 rings (SSSR count). The van der Waals surface area contributed by atoms with Gasteiger partial charge < -0.3 is 9.88 Å². The molecule has 1 aliphatic heterocycles. The van der Waals surface area contributed by atoms with Gasteiger partial charge in [-0.25, -0.2) is 17.8 Å². The maximum Gasteiger partial charge on any atom is 0.416 e. The van der Waals surface area contributed by atoms with E-state index in [1.54, 1.807) is 19.2 Å². The van der Waals surface area contributed by atoms with Crippen LogP contribution in [0.3, 0.4) is 0 Å². The van der Waals surface area contributed by atoms with Crippen LogP contribution in [0.1, 0.15) is 17.0 Å². The van der Waals surface area contributed by atoms with E-state index in [0.29, 0.717) is 6.07 Å². The first-order valence-electron chi connectivity index (χ1n) is 9.71. The highest BCUT2D eigenvalue weighted by atomic mass is 32.2. The Morgan fingerprint density at radius 3 is 2.44 bits per heavy atom. The highest BCUT2D eigenvalue weighted by molar-refractivity contribution is 7.89. The van der Waals surface area contributed by atoms with Crippen molar-refractivity contribution in [1.29, 1.82) is 0 Å². The van der Waals surface area contributed by atoms with Crippen molar-refractivity contribution < 1.29 is 26.0 Å². The van der Waals surface area contributed by atoms with Crippen LogP contribution in [-0.2, 0) is 23.2 Å². The van der Waals surface area contributed by atoms with Gasteiger partial charge in [0.1, 0.15) is 5.82 Å². The molecule has 1 N–H and O–H groups in total. The molecule has 32 heavy (non-hydrogen) atoms. The van der Waals surface area contributed by atoms with Crippen molar-refractivity contribution in [1.82, 2.24) is 13.9 Å². The Balaban J connectivity index is 1.67. The van der Waals surface area contributed by atoms with Gasteiger partial charge in [0.05, 0.1) is 11.9 Å². The minimum absolute atomic E-state index is 0.0175. The van der Waals surface area contributed by atoms with Crippen LogP contribution in [0.25, 0.3) is 0 Å². The Bertz CT molecular complexity index is 1210. The van der Waals surface area contributed by atoms with E-state index in [9.17, 15) is 26.0 Å². The number of sulfonamides is 1. The molecule has 0 saturated carbocycles. The molecule has 11 heteroatoms. The number of nitrogens with one attached hydrogen (secondary N) is 1. The summed E-state index contributed by atoms with van der Waals surface area (Å²) in [6, 6.07) is 10.7. The molecule has 6 nitrogen and oxygen atoms in total. The zero-order valence-electron chi connectivity index (χ0n) is 16.9. The summed E-state index contributed by atoms with van der Waals surface area (Å²) in [5, 5.41) is 2.82. The molecule has 0 amide bonds. The monoisotopic (exact) mass is 468 g/mol. The zero-order valence-corrected chi connectivity index (χ0v) is 17.7. The lowest BCUT2D eigenvalue weighted by Gasteiger charge is -2.22. The second-order valence-electron chi connectivity index (χ2n) is 7.69. The number of halogens is 4. The summed E-state index contributed by atoms with van der Waals surface area (Å²) in [6.07, 6.45) is -1.95. The van der Waals surface area contributed by atoms with Crippen LogP contribution in [0, 0.1) is 5.82 Å². The van der Waals surface area contributed by atoms with Crippen LogP contribution in [0.4, 0.5) is 23.2 Å². The van der Waals surface area contributed by atoms with Gasteiger partial charge in [-0.15, -0.1) is 0 Å². The minimum atomic E-state index is -4.71. The highest BCUT2D eigenvalue weighted by Gasteiger charge is 2.41. The van der Waals surface area contributed by atoms with Crippen molar-refractivity contribution in [2.75, 3.05) is 18.4 Å². The molecular weight excluding hydrogens is 448 g/mol. The predicted octanol–water partition coefficient (Wildman–Crippen LogP) is 3.85. The van der Waals surface area contributed by atoms with Gasteiger partial charge in [-0.05, 0) is 23.8 Å². The minimum Gasteiger partial charge on any atom is -0.380 e. The zero-order chi connectivity index (χ0) is 23.1. The number of nitrogens with zero attached hydrogens (tertiary/aromatic N) is 3. The number of imidazole rings is 1. The third-order valence-corrected chi connectivity index (χ3v) is 7.09. The molecule has 0 radical (unpaired) electrons. The van der Waals surface area contributed by atoms with E-state index in [1.807, 2.05) is 18.2 Å². The molecule has 0 aliphatic carbocycles. The summed E-state index contributed by atoms with van der Waals surface area (Å²) in [7, 11) is -2.27. The molecule has 2 atom stereocenters. The fourth-order valence-corrected chi connectivity index (χ4v) is 5.31. The SMILES string of the molecule is Cn1cnc(S(=O)(=O)N2CC(Nc3cc(F)cc(C(F)(F)F)c3)C(c3ccccc3)C2)c1. The second kappa shape index (κ2) is 8.21. The molecule has 3 aromatic rings. The fraction of sp³-hybridized carbons (Fsp3) is 0.286. The Kier molecular flexibility index (Phi) is 5.72. The van der Waals surface area contributed by atoms with E-state index < -0.39 is 33.6 Å². The van der Waals surface area contributed by atoms with Crippen LogP contribution in [0.15, 0.2) is 66.1 Å². The summed E-state index contributed by atoms with van der Waals surface area (Å²) in [6.45, 7) is 0.0817. The van der Waals surface area contributed by atoms with E-state index in [-0.39, 0.29) is 29.7 Å². The first-order chi connectivity index (χ1) is 15.0. The third kappa shape index (κ3) is 4.49. The number of alkyl halides is 3. The average Bonchev–Trinajstić information content (AvgIpc) is 3.35. The maximum absolute atomic E-state index is 13.9.